The zero-order valence-corrected chi connectivity index (χ0v) is 13.5. The highest BCUT2D eigenvalue weighted by Crippen LogP contribution is 2.26. The maximum Gasteiger partial charge on any atom is 0.249 e. The Balaban J connectivity index is 2.09. The van der Waals surface area contributed by atoms with Crippen LogP contribution in [0.15, 0.2) is 30.3 Å². The average Bonchev–Trinajstić information content (AvgIpc) is 2.93. The summed E-state index contributed by atoms with van der Waals surface area (Å²) in [5.41, 5.74) is 0.947. The van der Waals surface area contributed by atoms with Gasteiger partial charge < -0.3 is 5.32 Å². The summed E-state index contributed by atoms with van der Waals surface area (Å²) in [5, 5.41) is 14.6. The van der Waals surface area contributed by atoms with Gasteiger partial charge in [-0.1, -0.05) is 55.5 Å². The molecule has 0 saturated carbocycles. The summed E-state index contributed by atoms with van der Waals surface area (Å²) in [4.78, 5) is 23.4. The van der Waals surface area contributed by atoms with Crippen LogP contribution in [0.1, 0.15) is 20.8 Å². The van der Waals surface area contributed by atoms with Gasteiger partial charge in [-0.25, -0.2) is 0 Å². The molecule has 0 aliphatic rings. The highest BCUT2D eigenvalue weighted by atomic mass is 32.1. The molecule has 116 valence electrons. The molecular formula is C15H18N4O2S. The van der Waals surface area contributed by atoms with Crippen molar-refractivity contribution in [3.05, 3.63) is 30.3 Å². The lowest BCUT2D eigenvalue weighted by Gasteiger charge is -2.19. The van der Waals surface area contributed by atoms with Crippen LogP contribution in [0.5, 0.6) is 0 Å². The molecule has 1 aromatic carbocycles. The van der Waals surface area contributed by atoms with Crippen molar-refractivity contribution in [3.8, 4) is 10.6 Å². The van der Waals surface area contributed by atoms with Gasteiger partial charge in [0, 0.05) is 12.5 Å². The summed E-state index contributed by atoms with van der Waals surface area (Å²) in [7, 11) is 0. The molecule has 0 spiro atoms. The third-order valence-electron chi connectivity index (χ3n) is 2.98. The first-order valence-corrected chi connectivity index (χ1v) is 7.76. The number of hydrogen-bond acceptors (Lipinski definition) is 5. The number of aromatic nitrogens is 2. The number of carbonyl (C=O) groups is 2. The summed E-state index contributed by atoms with van der Waals surface area (Å²) < 4.78 is 0. The Morgan fingerprint density at radius 3 is 2.41 bits per heavy atom. The van der Waals surface area contributed by atoms with Gasteiger partial charge >= 0.3 is 0 Å². The van der Waals surface area contributed by atoms with Gasteiger partial charge in [0.05, 0.1) is 0 Å². The zero-order valence-electron chi connectivity index (χ0n) is 12.7. The topological polar surface area (TPSA) is 84.0 Å². The van der Waals surface area contributed by atoms with E-state index in [0.717, 1.165) is 10.6 Å². The predicted octanol–water partition coefficient (Wildman–Crippen LogP) is 2.30. The normalized spacial score (nSPS) is 12.0. The van der Waals surface area contributed by atoms with Crippen molar-refractivity contribution in [2.24, 2.45) is 5.92 Å². The monoisotopic (exact) mass is 318 g/mol. The van der Waals surface area contributed by atoms with E-state index < -0.39 is 6.04 Å². The lowest BCUT2D eigenvalue weighted by Crippen LogP contribution is -2.46. The lowest BCUT2D eigenvalue weighted by atomic mass is 10.0. The van der Waals surface area contributed by atoms with E-state index in [-0.39, 0.29) is 17.7 Å². The van der Waals surface area contributed by atoms with Crippen LogP contribution in [0.25, 0.3) is 10.6 Å². The molecule has 0 aliphatic carbocycles. The molecule has 1 heterocycles. The number of nitrogens with one attached hydrogen (secondary N) is 2. The van der Waals surface area contributed by atoms with E-state index in [9.17, 15) is 9.59 Å². The smallest absolute Gasteiger partial charge is 0.249 e. The Bertz CT molecular complexity index is 655. The first kappa shape index (κ1) is 16.1. The molecule has 2 amide bonds. The van der Waals surface area contributed by atoms with E-state index in [2.05, 4.69) is 20.8 Å². The molecule has 2 rings (SSSR count). The second kappa shape index (κ2) is 7.13. The van der Waals surface area contributed by atoms with Crippen LogP contribution in [0.2, 0.25) is 0 Å². The average molecular weight is 318 g/mol. The minimum absolute atomic E-state index is 0.0228. The van der Waals surface area contributed by atoms with E-state index in [1.165, 1.54) is 18.3 Å². The van der Waals surface area contributed by atoms with Crippen molar-refractivity contribution in [2.75, 3.05) is 5.32 Å². The summed E-state index contributed by atoms with van der Waals surface area (Å²) >= 11 is 1.30. The van der Waals surface area contributed by atoms with Crippen molar-refractivity contribution in [1.82, 2.24) is 15.5 Å². The van der Waals surface area contributed by atoms with Crippen molar-refractivity contribution in [2.45, 2.75) is 26.8 Å². The standard InChI is InChI=1S/C15H18N4O2S/c1-9(2)12(16-10(3)20)13(21)17-15-19-18-14(22-15)11-7-5-4-6-8-11/h4-9,12H,1-3H3,(H,16,20)(H,17,19,21)/t12-/m1/s1. The van der Waals surface area contributed by atoms with E-state index in [1.54, 1.807) is 0 Å². The van der Waals surface area contributed by atoms with Gasteiger partial charge in [0.1, 0.15) is 11.0 Å². The Labute approximate surface area is 133 Å². The first-order chi connectivity index (χ1) is 10.5. The van der Waals surface area contributed by atoms with Gasteiger partial charge in [-0.05, 0) is 5.92 Å². The van der Waals surface area contributed by atoms with Crippen molar-refractivity contribution >= 4 is 28.3 Å². The van der Waals surface area contributed by atoms with E-state index in [4.69, 9.17) is 0 Å². The summed E-state index contributed by atoms with van der Waals surface area (Å²) in [6.07, 6.45) is 0. The van der Waals surface area contributed by atoms with Crippen LogP contribution in [0.4, 0.5) is 5.13 Å². The molecule has 0 saturated heterocycles. The molecule has 6 nitrogen and oxygen atoms in total. The summed E-state index contributed by atoms with van der Waals surface area (Å²) in [6, 6.07) is 9.02. The van der Waals surface area contributed by atoms with Crippen LogP contribution >= 0.6 is 11.3 Å². The zero-order chi connectivity index (χ0) is 16.1. The van der Waals surface area contributed by atoms with Gasteiger partial charge in [-0.3, -0.25) is 14.9 Å². The lowest BCUT2D eigenvalue weighted by molar-refractivity contribution is -0.126. The highest BCUT2D eigenvalue weighted by molar-refractivity contribution is 7.18. The van der Waals surface area contributed by atoms with Gasteiger partial charge in [-0.15, -0.1) is 10.2 Å². The van der Waals surface area contributed by atoms with Gasteiger partial charge in [0.15, 0.2) is 0 Å². The number of anilines is 1. The molecule has 2 N–H and O–H groups in total. The molecule has 0 unspecified atom stereocenters. The molecule has 7 heteroatoms. The quantitative estimate of drug-likeness (QED) is 0.886. The number of rotatable bonds is 5. The third kappa shape index (κ3) is 4.11. The van der Waals surface area contributed by atoms with Crippen molar-refractivity contribution in [1.29, 1.82) is 0 Å². The van der Waals surface area contributed by atoms with E-state index in [0.29, 0.717) is 5.13 Å². The summed E-state index contributed by atoms with van der Waals surface area (Å²) in [6.45, 7) is 5.13. The number of carbonyl (C=O) groups excluding carboxylic acids is 2. The third-order valence-corrected chi connectivity index (χ3v) is 3.87. The molecule has 22 heavy (non-hydrogen) atoms. The van der Waals surface area contributed by atoms with Crippen molar-refractivity contribution < 1.29 is 9.59 Å². The van der Waals surface area contributed by atoms with Gasteiger partial charge in [0.25, 0.3) is 0 Å². The maximum absolute atomic E-state index is 12.2. The molecule has 0 bridgehead atoms. The fourth-order valence-electron chi connectivity index (χ4n) is 1.91. The Kier molecular flexibility index (Phi) is 5.21. The number of hydrogen-bond donors (Lipinski definition) is 2. The first-order valence-electron chi connectivity index (χ1n) is 6.94. The fraction of sp³-hybridized carbons (Fsp3) is 0.333. The Morgan fingerprint density at radius 1 is 1.14 bits per heavy atom. The number of amides is 2. The maximum atomic E-state index is 12.2. The number of benzene rings is 1. The molecule has 0 radical (unpaired) electrons. The SMILES string of the molecule is CC(=O)N[C@@H](C(=O)Nc1nnc(-c2ccccc2)s1)C(C)C. The molecule has 2 aromatic rings. The van der Waals surface area contributed by atoms with Crippen LogP contribution in [0.3, 0.4) is 0 Å². The van der Waals surface area contributed by atoms with Gasteiger partial charge in [-0.2, -0.15) is 0 Å². The van der Waals surface area contributed by atoms with Crippen LogP contribution < -0.4 is 10.6 Å². The molecular weight excluding hydrogens is 300 g/mol. The van der Waals surface area contributed by atoms with Crippen molar-refractivity contribution in [3.63, 3.8) is 0 Å². The van der Waals surface area contributed by atoms with Crippen LogP contribution in [0, 0.1) is 5.92 Å². The van der Waals surface area contributed by atoms with Crippen LogP contribution in [-0.2, 0) is 9.59 Å². The second-order valence-corrected chi connectivity index (χ2v) is 6.17. The predicted molar refractivity (Wildman–Crippen MR) is 86.4 cm³/mol. The molecule has 0 aliphatic heterocycles. The minimum atomic E-state index is -0.596. The fourth-order valence-corrected chi connectivity index (χ4v) is 2.66. The Morgan fingerprint density at radius 2 is 1.82 bits per heavy atom. The summed E-state index contributed by atoms with van der Waals surface area (Å²) in [5.74, 6) is -0.553. The van der Waals surface area contributed by atoms with E-state index in [1.807, 2.05) is 44.2 Å². The second-order valence-electron chi connectivity index (χ2n) is 5.19. The highest BCUT2D eigenvalue weighted by Gasteiger charge is 2.24. The number of nitrogens with zero attached hydrogens (tertiary/aromatic N) is 2. The van der Waals surface area contributed by atoms with E-state index >= 15 is 0 Å². The largest absolute Gasteiger partial charge is 0.344 e. The minimum Gasteiger partial charge on any atom is -0.344 e. The van der Waals surface area contributed by atoms with Crippen LogP contribution in [-0.4, -0.2) is 28.1 Å². The molecule has 0 fully saturated rings. The molecule has 1 aromatic heterocycles. The molecule has 1 atom stereocenters. The Hall–Kier alpha value is -2.28. The van der Waals surface area contributed by atoms with Gasteiger partial charge in [0.2, 0.25) is 16.9 Å².